The molecule has 30 heavy (non-hydrogen) atoms. The number of hydrazone groups is 1. The molecule has 2 nitrogen and oxygen atoms in total. The highest BCUT2D eigenvalue weighted by atomic mass is 19.1. The van der Waals surface area contributed by atoms with Crippen LogP contribution in [0.2, 0.25) is 0 Å². The van der Waals surface area contributed by atoms with Crippen LogP contribution in [0.25, 0.3) is 6.08 Å². The number of rotatable bonds is 3. The Morgan fingerprint density at radius 2 is 1.50 bits per heavy atom. The zero-order valence-electron chi connectivity index (χ0n) is 16.5. The molecule has 0 radical (unpaired) electrons. The highest BCUT2D eigenvalue weighted by Crippen LogP contribution is 2.46. The van der Waals surface area contributed by atoms with Crippen LogP contribution in [0, 0.1) is 17.6 Å². The van der Waals surface area contributed by atoms with Gasteiger partial charge in [-0.25, -0.2) is 8.78 Å². The van der Waals surface area contributed by atoms with Crippen molar-refractivity contribution in [2.75, 3.05) is 5.01 Å². The zero-order valence-corrected chi connectivity index (χ0v) is 16.5. The maximum absolute atomic E-state index is 13.6. The fourth-order valence-corrected chi connectivity index (χ4v) is 4.55. The van der Waals surface area contributed by atoms with Crippen molar-refractivity contribution in [3.63, 3.8) is 0 Å². The lowest BCUT2D eigenvalue weighted by molar-refractivity contribution is 0.487. The minimum absolute atomic E-state index is 0.0277. The van der Waals surface area contributed by atoms with Gasteiger partial charge in [0.15, 0.2) is 0 Å². The van der Waals surface area contributed by atoms with Gasteiger partial charge in [-0.1, -0.05) is 42.5 Å². The van der Waals surface area contributed by atoms with Gasteiger partial charge in [-0.3, -0.25) is 5.01 Å². The van der Waals surface area contributed by atoms with Crippen LogP contribution in [0.4, 0.5) is 14.5 Å². The van der Waals surface area contributed by atoms with E-state index >= 15 is 0 Å². The number of para-hydroxylation sites is 1. The lowest BCUT2D eigenvalue weighted by Crippen LogP contribution is -2.28. The number of allylic oxidation sites excluding steroid dienone is 1. The monoisotopic (exact) mass is 400 g/mol. The molecule has 2 unspecified atom stereocenters. The Kier molecular flexibility index (Phi) is 4.91. The molecule has 0 spiro atoms. The minimum atomic E-state index is -0.233. The second-order valence-corrected chi connectivity index (χ2v) is 7.88. The number of halogens is 2. The fourth-order valence-electron chi connectivity index (χ4n) is 4.55. The molecular weight excluding hydrogens is 378 g/mol. The molecule has 0 amide bonds. The van der Waals surface area contributed by atoms with E-state index in [1.807, 2.05) is 30.3 Å². The van der Waals surface area contributed by atoms with E-state index in [4.69, 9.17) is 5.10 Å². The molecule has 1 fully saturated rings. The van der Waals surface area contributed by atoms with Crippen LogP contribution in [-0.2, 0) is 0 Å². The van der Waals surface area contributed by atoms with Crippen molar-refractivity contribution in [2.45, 2.75) is 25.3 Å². The van der Waals surface area contributed by atoms with E-state index in [0.29, 0.717) is 0 Å². The van der Waals surface area contributed by atoms with Crippen molar-refractivity contribution >= 4 is 17.5 Å². The summed E-state index contributed by atoms with van der Waals surface area (Å²) >= 11 is 0. The van der Waals surface area contributed by atoms with Gasteiger partial charge in [0.25, 0.3) is 0 Å². The largest absolute Gasteiger partial charge is 0.257 e. The number of anilines is 1. The third kappa shape index (κ3) is 3.54. The molecule has 2 atom stereocenters. The summed E-state index contributed by atoms with van der Waals surface area (Å²) in [6.07, 6.45) is 5.17. The van der Waals surface area contributed by atoms with Gasteiger partial charge >= 0.3 is 0 Å². The number of benzene rings is 3. The second kappa shape index (κ2) is 7.86. The Hall–Kier alpha value is -3.27. The predicted molar refractivity (Wildman–Crippen MR) is 117 cm³/mol. The van der Waals surface area contributed by atoms with Crippen molar-refractivity contribution in [2.24, 2.45) is 11.0 Å². The lowest BCUT2D eigenvalue weighted by atomic mass is 9.77. The first-order chi connectivity index (χ1) is 14.7. The van der Waals surface area contributed by atoms with Gasteiger partial charge < -0.3 is 0 Å². The standard InChI is InChI=1S/C26H22F2N2/c27-21-13-9-18(10-14-21)17-20-5-4-8-24-25(20)29-30(23-6-2-1-3-7-23)26(24)19-11-15-22(28)16-12-19/h1-3,6-7,9-17,24,26H,4-5,8H2/b20-17+. The maximum Gasteiger partial charge on any atom is 0.123 e. The fraction of sp³-hybridized carbons (Fsp3) is 0.192. The first-order valence-electron chi connectivity index (χ1n) is 10.3. The molecule has 0 N–H and O–H groups in total. The quantitative estimate of drug-likeness (QED) is 0.474. The topological polar surface area (TPSA) is 15.6 Å². The Labute approximate surface area is 175 Å². The minimum Gasteiger partial charge on any atom is -0.257 e. The van der Waals surface area contributed by atoms with Gasteiger partial charge in [0.05, 0.1) is 17.4 Å². The molecule has 0 saturated heterocycles. The van der Waals surface area contributed by atoms with E-state index in [1.54, 1.807) is 12.1 Å². The summed E-state index contributed by atoms with van der Waals surface area (Å²) in [4.78, 5) is 0. The van der Waals surface area contributed by atoms with Crippen molar-refractivity contribution in [1.82, 2.24) is 0 Å². The molecule has 3 aromatic rings. The number of nitrogens with zero attached hydrogens (tertiary/aromatic N) is 2. The summed E-state index contributed by atoms with van der Waals surface area (Å²) in [6, 6.07) is 23.5. The van der Waals surface area contributed by atoms with E-state index in [0.717, 1.165) is 41.8 Å². The summed E-state index contributed by atoms with van der Waals surface area (Å²) in [5.74, 6) is -0.232. The maximum atomic E-state index is 13.6. The van der Waals surface area contributed by atoms with E-state index in [2.05, 4.69) is 23.2 Å². The summed E-state index contributed by atoms with van der Waals surface area (Å²) < 4.78 is 26.9. The van der Waals surface area contributed by atoms with Gasteiger partial charge in [-0.15, -0.1) is 0 Å². The number of hydrogen-bond donors (Lipinski definition) is 0. The molecule has 1 saturated carbocycles. The summed E-state index contributed by atoms with van der Waals surface area (Å²) in [7, 11) is 0. The Morgan fingerprint density at radius 1 is 0.833 bits per heavy atom. The van der Waals surface area contributed by atoms with Gasteiger partial charge in [-0.05, 0) is 78.4 Å². The van der Waals surface area contributed by atoms with Crippen molar-refractivity contribution in [1.29, 1.82) is 0 Å². The first kappa shape index (κ1) is 18.7. The molecule has 1 aliphatic heterocycles. The molecule has 4 heteroatoms. The number of hydrogen-bond acceptors (Lipinski definition) is 2. The Morgan fingerprint density at radius 3 is 2.20 bits per heavy atom. The lowest BCUT2D eigenvalue weighted by Gasteiger charge is -2.30. The zero-order chi connectivity index (χ0) is 20.5. The van der Waals surface area contributed by atoms with Crippen LogP contribution in [0.1, 0.15) is 36.4 Å². The normalized spacial score (nSPS) is 22.1. The van der Waals surface area contributed by atoms with Crippen molar-refractivity contribution in [3.05, 3.63) is 107 Å². The molecular formula is C26H22F2N2. The summed E-state index contributed by atoms with van der Waals surface area (Å²) in [5.41, 5.74) is 5.35. The van der Waals surface area contributed by atoms with Crippen LogP contribution in [-0.4, -0.2) is 5.71 Å². The van der Waals surface area contributed by atoms with Crippen LogP contribution in [0.5, 0.6) is 0 Å². The number of fused-ring (bicyclic) bond motifs is 1. The molecule has 0 bridgehead atoms. The van der Waals surface area contributed by atoms with E-state index in [9.17, 15) is 8.78 Å². The van der Waals surface area contributed by atoms with Crippen molar-refractivity contribution in [3.8, 4) is 0 Å². The van der Waals surface area contributed by atoms with Gasteiger partial charge in [0.1, 0.15) is 11.6 Å². The van der Waals surface area contributed by atoms with Gasteiger partial charge in [0.2, 0.25) is 0 Å². The SMILES string of the molecule is Fc1ccc(/C=C2\CCCC3C2=NN(c2ccccc2)C3c2ccc(F)cc2)cc1. The molecule has 2 aliphatic rings. The summed E-state index contributed by atoms with van der Waals surface area (Å²) in [5, 5.41) is 7.15. The van der Waals surface area contributed by atoms with Gasteiger partial charge in [0, 0.05) is 5.92 Å². The molecule has 5 rings (SSSR count). The second-order valence-electron chi connectivity index (χ2n) is 7.88. The highest BCUT2D eigenvalue weighted by molar-refractivity contribution is 6.08. The first-order valence-corrected chi connectivity index (χ1v) is 10.3. The van der Waals surface area contributed by atoms with Crippen LogP contribution >= 0.6 is 0 Å². The predicted octanol–water partition coefficient (Wildman–Crippen LogP) is 6.77. The summed E-state index contributed by atoms with van der Waals surface area (Å²) in [6.45, 7) is 0. The Balaban J connectivity index is 1.58. The third-order valence-electron chi connectivity index (χ3n) is 5.94. The van der Waals surface area contributed by atoms with Crippen molar-refractivity contribution < 1.29 is 8.78 Å². The highest BCUT2D eigenvalue weighted by Gasteiger charge is 2.41. The average molecular weight is 400 g/mol. The van der Waals surface area contributed by atoms with Gasteiger partial charge in [-0.2, -0.15) is 5.10 Å². The molecule has 0 aromatic heterocycles. The average Bonchev–Trinajstić information content (AvgIpc) is 3.17. The third-order valence-corrected chi connectivity index (χ3v) is 5.94. The van der Waals surface area contributed by atoms with E-state index in [1.165, 1.54) is 29.8 Å². The van der Waals surface area contributed by atoms with E-state index < -0.39 is 0 Å². The molecule has 1 aliphatic carbocycles. The van der Waals surface area contributed by atoms with Crippen LogP contribution in [0.3, 0.4) is 0 Å². The Bertz CT molecular complexity index is 1090. The smallest absolute Gasteiger partial charge is 0.123 e. The molecule has 1 heterocycles. The molecule has 150 valence electrons. The van der Waals surface area contributed by atoms with Crippen LogP contribution in [0.15, 0.2) is 89.5 Å². The molecule has 3 aromatic carbocycles. The van der Waals surface area contributed by atoms with E-state index in [-0.39, 0.29) is 23.6 Å². The van der Waals surface area contributed by atoms with Crippen LogP contribution < -0.4 is 5.01 Å².